The zero-order valence-corrected chi connectivity index (χ0v) is 17.0. The summed E-state index contributed by atoms with van der Waals surface area (Å²) in [5, 5.41) is 5.97. The molecule has 2 unspecified atom stereocenters. The zero-order valence-electron chi connectivity index (χ0n) is 17.0. The van der Waals surface area contributed by atoms with Crippen LogP contribution in [0.15, 0.2) is 30.3 Å². The molecule has 0 fully saturated rings. The SMILES string of the molecule is CNC(Cc1ccccc1)C(=O)NC(CCC(=O)OC)CC(=O)C(C)(C)C. The Labute approximate surface area is 162 Å². The molecule has 0 radical (unpaired) electrons. The molecule has 0 aliphatic rings. The number of methoxy groups -OCH3 is 1. The van der Waals surface area contributed by atoms with E-state index in [0.29, 0.717) is 12.8 Å². The molecule has 0 saturated heterocycles. The van der Waals surface area contributed by atoms with Crippen molar-refractivity contribution in [3.8, 4) is 0 Å². The topological polar surface area (TPSA) is 84.5 Å². The third-order valence-corrected chi connectivity index (χ3v) is 4.49. The lowest BCUT2D eigenvalue weighted by Gasteiger charge is -2.25. The molecule has 0 spiro atoms. The maximum atomic E-state index is 12.7. The van der Waals surface area contributed by atoms with Crippen LogP contribution >= 0.6 is 0 Å². The number of ether oxygens (including phenoxy) is 1. The molecule has 0 aliphatic carbocycles. The van der Waals surface area contributed by atoms with E-state index in [2.05, 4.69) is 15.4 Å². The van der Waals surface area contributed by atoms with Crippen molar-refractivity contribution < 1.29 is 19.1 Å². The highest BCUT2D eigenvalue weighted by molar-refractivity contribution is 5.86. The van der Waals surface area contributed by atoms with Gasteiger partial charge in [-0.25, -0.2) is 0 Å². The van der Waals surface area contributed by atoms with Crippen LogP contribution in [0.1, 0.15) is 45.6 Å². The number of ketones is 1. The highest BCUT2D eigenvalue weighted by Gasteiger charge is 2.27. The lowest BCUT2D eigenvalue weighted by Crippen LogP contribution is -2.49. The van der Waals surface area contributed by atoms with Gasteiger partial charge in [-0.3, -0.25) is 14.4 Å². The summed E-state index contributed by atoms with van der Waals surface area (Å²) < 4.78 is 4.68. The standard InChI is InChI=1S/C21H32N2O4/c1-21(2,3)18(24)14-16(11-12-19(25)27-5)23-20(26)17(22-4)13-15-9-7-6-8-10-15/h6-10,16-17,22H,11-14H2,1-5H3,(H,23,26). The van der Waals surface area contributed by atoms with Crippen molar-refractivity contribution in [3.05, 3.63) is 35.9 Å². The number of nitrogens with one attached hydrogen (secondary N) is 2. The lowest BCUT2D eigenvalue weighted by molar-refractivity contribution is -0.141. The van der Waals surface area contributed by atoms with Crippen LogP contribution in [0, 0.1) is 5.41 Å². The average molecular weight is 376 g/mol. The van der Waals surface area contributed by atoms with E-state index in [9.17, 15) is 14.4 Å². The van der Waals surface area contributed by atoms with Crippen molar-refractivity contribution in [2.45, 2.75) is 58.5 Å². The number of hydrogen-bond acceptors (Lipinski definition) is 5. The Bertz CT molecular complexity index is 623. The second-order valence-electron chi connectivity index (χ2n) is 7.73. The van der Waals surface area contributed by atoms with Crippen molar-refractivity contribution in [3.63, 3.8) is 0 Å². The second kappa shape index (κ2) is 10.8. The molecule has 2 atom stereocenters. The van der Waals surface area contributed by atoms with E-state index in [0.717, 1.165) is 5.56 Å². The number of esters is 1. The Kier molecular flexibility index (Phi) is 9.15. The maximum absolute atomic E-state index is 12.7. The minimum Gasteiger partial charge on any atom is -0.469 e. The molecule has 0 saturated carbocycles. The van der Waals surface area contributed by atoms with E-state index in [1.54, 1.807) is 7.05 Å². The fraction of sp³-hybridized carbons (Fsp3) is 0.571. The molecular formula is C21H32N2O4. The van der Waals surface area contributed by atoms with Gasteiger partial charge in [-0.15, -0.1) is 0 Å². The molecule has 1 aromatic carbocycles. The Balaban J connectivity index is 2.79. The predicted octanol–water partition coefficient (Wildman–Crippen LogP) is 2.26. The molecular weight excluding hydrogens is 344 g/mol. The average Bonchev–Trinajstić information content (AvgIpc) is 2.63. The summed E-state index contributed by atoms with van der Waals surface area (Å²) in [5.41, 5.74) is 0.546. The monoisotopic (exact) mass is 376 g/mol. The maximum Gasteiger partial charge on any atom is 0.305 e. The summed E-state index contributed by atoms with van der Waals surface area (Å²) in [6, 6.07) is 8.90. The van der Waals surface area contributed by atoms with Gasteiger partial charge < -0.3 is 15.4 Å². The van der Waals surface area contributed by atoms with Crippen molar-refractivity contribution in [2.24, 2.45) is 5.41 Å². The number of likely N-dealkylation sites (N-methyl/N-ethyl adjacent to an activating group) is 1. The van der Waals surface area contributed by atoms with Crippen LogP contribution in [-0.2, 0) is 25.5 Å². The molecule has 0 bridgehead atoms. The summed E-state index contributed by atoms with van der Waals surface area (Å²) in [6.45, 7) is 5.54. The quantitative estimate of drug-likeness (QED) is 0.612. The van der Waals surface area contributed by atoms with Crippen molar-refractivity contribution in [1.29, 1.82) is 0 Å². The highest BCUT2D eigenvalue weighted by atomic mass is 16.5. The van der Waals surface area contributed by atoms with Crippen LogP contribution < -0.4 is 10.6 Å². The summed E-state index contributed by atoms with van der Waals surface area (Å²) >= 11 is 0. The third-order valence-electron chi connectivity index (χ3n) is 4.49. The van der Waals surface area contributed by atoms with Gasteiger partial charge in [0.1, 0.15) is 5.78 Å². The molecule has 6 heteroatoms. The van der Waals surface area contributed by atoms with Gasteiger partial charge in [0.2, 0.25) is 5.91 Å². The minimum absolute atomic E-state index is 0.0433. The summed E-state index contributed by atoms with van der Waals surface area (Å²) in [6.07, 6.45) is 1.25. The van der Waals surface area contributed by atoms with E-state index < -0.39 is 17.5 Å². The summed E-state index contributed by atoms with van der Waals surface area (Å²) in [4.78, 5) is 36.6. The molecule has 150 valence electrons. The molecule has 6 nitrogen and oxygen atoms in total. The van der Waals surface area contributed by atoms with Gasteiger partial charge in [0.15, 0.2) is 0 Å². The fourth-order valence-electron chi connectivity index (χ4n) is 2.63. The van der Waals surface area contributed by atoms with E-state index in [1.807, 2.05) is 51.1 Å². The lowest BCUT2D eigenvalue weighted by atomic mass is 9.86. The van der Waals surface area contributed by atoms with Gasteiger partial charge in [-0.1, -0.05) is 51.1 Å². The van der Waals surface area contributed by atoms with Gasteiger partial charge in [0, 0.05) is 24.3 Å². The summed E-state index contributed by atoms with van der Waals surface area (Å²) in [7, 11) is 3.06. The minimum atomic E-state index is -0.499. The van der Waals surface area contributed by atoms with Gasteiger partial charge in [0.05, 0.1) is 13.2 Å². The van der Waals surface area contributed by atoms with Gasteiger partial charge in [-0.2, -0.15) is 0 Å². The van der Waals surface area contributed by atoms with Crippen LogP contribution in [0.3, 0.4) is 0 Å². The van der Waals surface area contributed by atoms with Crippen molar-refractivity contribution in [1.82, 2.24) is 10.6 Å². The first-order chi connectivity index (χ1) is 12.7. The van der Waals surface area contributed by atoms with Crippen LogP contribution in [0.4, 0.5) is 0 Å². The largest absolute Gasteiger partial charge is 0.469 e. The zero-order chi connectivity index (χ0) is 20.4. The van der Waals surface area contributed by atoms with Crippen LogP contribution in [0.25, 0.3) is 0 Å². The second-order valence-corrected chi connectivity index (χ2v) is 7.73. The van der Waals surface area contributed by atoms with E-state index in [4.69, 9.17) is 0 Å². The van der Waals surface area contributed by atoms with E-state index in [1.165, 1.54) is 7.11 Å². The first-order valence-corrected chi connectivity index (χ1v) is 9.29. The number of carbonyl (C=O) groups excluding carboxylic acids is 3. The Morgan fingerprint density at radius 1 is 1.11 bits per heavy atom. The molecule has 2 N–H and O–H groups in total. The Morgan fingerprint density at radius 3 is 2.26 bits per heavy atom. The molecule has 0 heterocycles. The smallest absolute Gasteiger partial charge is 0.305 e. The number of rotatable bonds is 10. The molecule has 27 heavy (non-hydrogen) atoms. The Morgan fingerprint density at radius 2 is 1.74 bits per heavy atom. The molecule has 1 amide bonds. The number of hydrogen-bond donors (Lipinski definition) is 2. The predicted molar refractivity (Wildman–Crippen MR) is 105 cm³/mol. The third kappa shape index (κ3) is 8.35. The fourth-order valence-corrected chi connectivity index (χ4v) is 2.63. The molecule has 0 aliphatic heterocycles. The first-order valence-electron chi connectivity index (χ1n) is 9.29. The van der Waals surface area contributed by atoms with Crippen LogP contribution in [0.2, 0.25) is 0 Å². The van der Waals surface area contributed by atoms with E-state index in [-0.39, 0.29) is 30.5 Å². The van der Waals surface area contributed by atoms with E-state index >= 15 is 0 Å². The Hall–Kier alpha value is -2.21. The van der Waals surface area contributed by atoms with Gasteiger partial charge in [-0.05, 0) is 25.5 Å². The number of Topliss-reactive ketones (excluding diaryl/α,β-unsaturated/α-hetero) is 1. The molecule has 1 rings (SSSR count). The van der Waals surface area contributed by atoms with Crippen LogP contribution in [-0.4, -0.2) is 43.9 Å². The van der Waals surface area contributed by atoms with Crippen molar-refractivity contribution >= 4 is 17.7 Å². The molecule has 0 aromatic heterocycles. The van der Waals surface area contributed by atoms with Crippen LogP contribution in [0.5, 0.6) is 0 Å². The summed E-state index contributed by atoms with van der Waals surface area (Å²) in [5.74, 6) is -0.494. The first kappa shape index (κ1) is 22.8. The van der Waals surface area contributed by atoms with Gasteiger partial charge in [0.25, 0.3) is 0 Å². The molecule has 1 aromatic rings. The highest BCUT2D eigenvalue weighted by Crippen LogP contribution is 2.19. The van der Waals surface area contributed by atoms with Crippen molar-refractivity contribution in [2.75, 3.05) is 14.2 Å². The van der Waals surface area contributed by atoms with Gasteiger partial charge >= 0.3 is 5.97 Å². The number of amides is 1. The number of carbonyl (C=O) groups is 3. The normalized spacial score (nSPS) is 13.5. The number of benzene rings is 1.